The van der Waals surface area contributed by atoms with Crippen molar-refractivity contribution in [3.8, 4) is 22.6 Å². The van der Waals surface area contributed by atoms with Gasteiger partial charge < -0.3 is 14.4 Å². The first-order valence-corrected chi connectivity index (χ1v) is 17.8. The fourth-order valence-corrected chi connectivity index (χ4v) is 9.36. The first-order chi connectivity index (χ1) is 23.2. The highest BCUT2D eigenvalue weighted by Crippen LogP contribution is 2.61. The molecule has 0 amide bonds. The number of rotatable bonds is 4. The van der Waals surface area contributed by atoms with Crippen LogP contribution in [0.5, 0.6) is 11.5 Å². The molecule has 2 fully saturated rings. The summed E-state index contributed by atoms with van der Waals surface area (Å²) in [5.74, 6) is 1.86. The molecule has 2 heterocycles. The highest BCUT2D eigenvalue weighted by atomic mass is 16.5. The smallest absolute Gasteiger partial charge is 0.178 e. The summed E-state index contributed by atoms with van der Waals surface area (Å²) in [7, 11) is 1.73. The maximum absolute atomic E-state index is 7.61. The van der Waals surface area contributed by atoms with E-state index in [1.165, 1.54) is 102 Å². The molecule has 1 saturated carbocycles. The molecule has 2 aliphatic carbocycles. The molecule has 0 aromatic heterocycles. The van der Waals surface area contributed by atoms with Gasteiger partial charge in [-0.15, -0.1) is 0 Å². The monoisotopic (exact) mass is 617 g/mol. The van der Waals surface area contributed by atoms with Crippen molar-refractivity contribution in [2.75, 3.05) is 25.1 Å². The van der Waals surface area contributed by atoms with Crippen LogP contribution in [0, 0.1) is 0 Å². The molecule has 2 aliphatic heterocycles. The van der Waals surface area contributed by atoms with Gasteiger partial charge in [0.2, 0.25) is 0 Å². The van der Waals surface area contributed by atoms with Crippen molar-refractivity contribution < 1.29 is 9.47 Å². The van der Waals surface area contributed by atoms with Gasteiger partial charge >= 0.3 is 0 Å². The van der Waals surface area contributed by atoms with Crippen LogP contribution < -0.4 is 14.4 Å². The lowest BCUT2D eigenvalue weighted by atomic mass is 9.70. The Morgan fingerprint density at radius 3 is 2.02 bits per heavy atom. The third-order valence-corrected chi connectivity index (χ3v) is 11.6. The van der Waals surface area contributed by atoms with Crippen molar-refractivity contribution in [1.29, 1.82) is 0 Å². The lowest BCUT2D eigenvalue weighted by Crippen LogP contribution is -2.35. The fourth-order valence-electron chi connectivity index (χ4n) is 9.36. The van der Waals surface area contributed by atoms with Crippen molar-refractivity contribution in [2.45, 2.75) is 68.8 Å². The van der Waals surface area contributed by atoms with E-state index in [0.29, 0.717) is 0 Å². The predicted octanol–water partition coefficient (Wildman–Crippen LogP) is 10.8. The van der Waals surface area contributed by atoms with Crippen molar-refractivity contribution in [3.05, 3.63) is 131 Å². The van der Waals surface area contributed by atoms with E-state index < -0.39 is 5.60 Å². The lowest BCUT2D eigenvalue weighted by molar-refractivity contribution is 0.163. The Labute approximate surface area is 278 Å². The van der Waals surface area contributed by atoms with E-state index in [2.05, 4.69) is 114 Å². The highest BCUT2D eigenvalue weighted by Gasteiger charge is 2.48. The number of benzene rings is 5. The van der Waals surface area contributed by atoms with E-state index in [0.717, 1.165) is 35.7 Å². The number of hydrogen-bond donors (Lipinski definition) is 0. The molecule has 1 atom stereocenters. The summed E-state index contributed by atoms with van der Waals surface area (Å²) in [5, 5.41) is 2.49. The summed E-state index contributed by atoms with van der Waals surface area (Å²) in [6, 6.07) is 35.9. The number of anilines is 1. The van der Waals surface area contributed by atoms with E-state index in [9.17, 15) is 0 Å². The van der Waals surface area contributed by atoms with Crippen LogP contribution in [0.25, 0.3) is 28.0 Å². The third kappa shape index (κ3) is 4.39. The van der Waals surface area contributed by atoms with Gasteiger partial charge in [0.25, 0.3) is 0 Å². The topological polar surface area (TPSA) is 21.7 Å². The second kappa shape index (κ2) is 11.3. The van der Waals surface area contributed by atoms with Gasteiger partial charge in [-0.05, 0) is 90.1 Å². The minimum Gasteiger partial charge on any atom is -0.497 e. The Morgan fingerprint density at radius 2 is 1.30 bits per heavy atom. The molecule has 0 N–H and O–H groups in total. The predicted molar refractivity (Wildman–Crippen MR) is 194 cm³/mol. The first-order valence-electron chi connectivity index (χ1n) is 17.8. The molecule has 5 aromatic rings. The van der Waals surface area contributed by atoms with Gasteiger partial charge in [0.05, 0.1) is 7.11 Å². The second-order valence-electron chi connectivity index (χ2n) is 14.1. The molecular weight excluding hydrogens is 574 g/mol. The van der Waals surface area contributed by atoms with Crippen LogP contribution in [-0.2, 0) is 11.0 Å². The number of nitrogens with zero attached hydrogens (tertiary/aromatic N) is 1. The summed E-state index contributed by atoms with van der Waals surface area (Å²) in [5.41, 5.74) is 9.90. The molecule has 0 bridgehead atoms. The quantitative estimate of drug-likeness (QED) is 0.200. The number of methoxy groups -OCH3 is 1. The average molecular weight is 618 g/mol. The third-order valence-electron chi connectivity index (χ3n) is 11.6. The Balaban J connectivity index is 1.27. The van der Waals surface area contributed by atoms with Gasteiger partial charge in [0.1, 0.15) is 11.5 Å². The fraction of sp³-hybridized carbons (Fsp3) is 0.318. The van der Waals surface area contributed by atoms with Crippen LogP contribution >= 0.6 is 0 Å². The number of ether oxygens (including phenoxy) is 2. The van der Waals surface area contributed by atoms with Crippen LogP contribution in [-0.4, -0.2) is 20.2 Å². The zero-order chi connectivity index (χ0) is 31.4. The van der Waals surface area contributed by atoms with Crippen molar-refractivity contribution in [3.63, 3.8) is 0 Å². The SMILES string of the molecule is COc1ccc(C2(c3ccc(N4CCCCC4)cc3)C=Cc3c4c(c5ccccc5c3O2)-c2ccccc2C42CCCCCC2)cc1. The van der Waals surface area contributed by atoms with Crippen molar-refractivity contribution >= 4 is 22.5 Å². The second-order valence-corrected chi connectivity index (χ2v) is 14.1. The van der Waals surface area contributed by atoms with Gasteiger partial charge in [0.15, 0.2) is 5.60 Å². The van der Waals surface area contributed by atoms with Crippen LogP contribution in [0.3, 0.4) is 0 Å². The van der Waals surface area contributed by atoms with Crippen LogP contribution in [0.1, 0.15) is 85.6 Å². The standard InChI is InChI=1S/C44H43NO2/c1-46-34-23-19-32(20-24-34)44(31-17-21-33(22-18-31)45-29-11-4-12-30-45)28-25-38-41-40(35-13-5-6-14-36(35)42(38)47-44)37-15-7-8-16-39(37)43(41)26-9-2-3-10-27-43/h5-8,13-25,28H,2-4,9-12,26-27,29-30H2,1H3. The van der Waals surface area contributed by atoms with Crippen LogP contribution in [0.4, 0.5) is 5.69 Å². The van der Waals surface area contributed by atoms with Crippen molar-refractivity contribution in [2.24, 2.45) is 0 Å². The molecule has 0 radical (unpaired) electrons. The number of hydrogen-bond acceptors (Lipinski definition) is 3. The van der Waals surface area contributed by atoms with E-state index in [1.807, 2.05) is 0 Å². The van der Waals surface area contributed by atoms with E-state index >= 15 is 0 Å². The van der Waals surface area contributed by atoms with E-state index in [4.69, 9.17) is 9.47 Å². The van der Waals surface area contributed by atoms with Crippen LogP contribution in [0.2, 0.25) is 0 Å². The minimum absolute atomic E-state index is 0.0143. The molecule has 1 spiro atoms. The minimum atomic E-state index is -0.779. The summed E-state index contributed by atoms with van der Waals surface area (Å²) in [6.45, 7) is 2.27. The summed E-state index contributed by atoms with van der Waals surface area (Å²) in [4.78, 5) is 2.53. The maximum atomic E-state index is 7.61. The van der Waals surface area contributed by atoms with Gasteiger partial charge in [-0.1, -0.05) is 105 Å². The van der Waals surface area contributed by atoms with Gasteiger partial charge in [-0.2, -0.15) is 0 Å². The Hall–Kier alpha value is -4.50. The zero-order valence-electron chi connectivity index (χ0n) is 27.4. The maximum Gasteiger partial charge on any atom is 0.178 e. The Kier molecular flexibility index (Phi) is 6.92. The Bertz CT molecular complexity index is 1980. The molecule has 4 aliphatic rings. The first kappa shape index (κ1) is 28.7. The molecule has 9 rings (SSSR count). The summed E-state index contributed by atoms with van der Waals surface area (Å²) in [6.07, 6.45) is 16.2. The summed E-state index contributed by atoms with van der Waals surface area (Å²) >= 11 is 0. The molecule has 1 unspecified atom stereocenters. The number of fused-ring (bicyclic) bond motifs is 10. The normalized spacial score (nSPS) is 21.1. The molecule has 1 saturated heterocycles. The molecule has 5 aromatic carbocycles. The molecular formula is C44H43NO2. The zero-order valence-corrected chi connectivity index (χ0v) is 27.4. The largest absolute Gasteiger partial charge is 0.497 e. The lowest BCUT2D eigenvalue weighted by Gasteiger charge is -2.40. The summed E-state index contributed by atoms with van der Waals surface area (Å²) < 4.78 is 13.2. The average Bonchev–Trinajstić information content (AvgIpc) is 3.24. The van der Waals surface area contributed by atoms with Gasteiger partial charge in [-0.25, -0.2) is 0 Å². The molecule has 236 valence electrons. The molecule has 3 heteroatoms. The number of piperidine rings is 1. The van der Waals surface area contributed by atoms with Crippen LogP contribution in [0.15, 0.2) is 103 Å². The molecule has 47 heavy (non-hydrogen) atoms. The van der Waals surface area contributed by atoms with Gasteiger partial charge in [-0.3, -0.25) is 0 Å². The Morgan fingerprint density at radius 1 is 0.660 bits per heavy atom. The van der Waals surface area contributed by atoms with E-state index in [1.54, 1.807) is 7.11 Å². The molecule has 3 nitrogen and oxygen atoms in total. The van der Waals surface area contributed by atoms with E-state index in [-0.39, 0.29) is 5.41 Å². The van der Waals surface area contributed by atoms with Gasteiger partial charge in [0, 0.05) is 46.3 Å². The highest BCUT2D eigenvalue weighted by molar-refractivity contribution is 6.08. The van der Waals surface area contributed by atoms with Crippen molar-refractivity contribution in [1.82, 2.24) is 0 Å².